The Hall–Kier alpha value is -0.690. The van der Waals surface area contributed by atoms with Crippen LogP contribution in [0, 0.1) is 5.92 Å². The van der Waals surface area contributed by atoms with Gasteiger partial charge in [0, 0.05) is 10.6 Å². The van der Waals surface area contributed by atoms with E-state index in [1.165, 1.54) is 6.08 Å². The Labute approximate surface area is 72.7 Å². The Bertz CT molecular complexity index is 202. The molecule has 0 saturated heterocycles. The van der Waals surface area contributed by atoms with Gasteiger partial charge >= 0.3 is 0 Å². The third-order valence-electron chi connectivity index (χ3n) is 1.34. The number of hydrogen-bond acceptors (Lipinski definition) is 1. The lowest BCUT2D eigenvalue weighted by Gasteiger charge is -2.10. The van der Waals surface area contributed by atoms with Crippen LogP contribution in [0.5, 0.6) is 0 Å². The summed E-state index contributed by atoms with van der Waals surface area (Å²) in [6.45, 7) is 10.9. The summed E-state index contributed by atoms with van der Waals surface area (Å²) < 4.78 is 0. The SMILES string of the molecule is C=C/C(O)=C(\C(=C)Cl)C(C)C. The zero-order chi connectivity index (χ0) is 9.02. The second kappa shape index (κ2) is 4.24. The van der Waals surface area contributed by atoms with E-state index in [-0.39, 0.29) is 11.7 Å². The summed E-state index contributed by atoms with van der Waals surface area (Å²) in [4.78, 5) is 0. The van der Waals surface area contributed by atoms with Crippen molar-refractivity contribution in [3.63, 3.8) is 0 Å². The maximum atomic E-state index is 9.27. The number of rotatable bonds is 3. The molecule has 0 bridgehead atoms. The number of aliphatic hydroxyl groups is 1. The van der Waals surface area contributed by atoms with Gasteiger partial charge in [0.05, 0.1) is 0 Å². The molecule has 1 N–H and O–H groups in total. The van der Waals surface area contributed by atoms with Crippen LogP contribution >= 0.6 is 11.6 Å². The third kappa shape index (κ3) is 2.81. The lowest BCUT2D eigenvalue weighted by atomic mass is 10.0. The molecule has 0 atom stereocenters. The lowest BCUT2D eigenvalue weighted by molar-refractivity contribution is 0.420. The van der Waals surface area contributed by atoms with Gasteiger partial charge in [-0.25, -0.2) is 0 Å². The van der Waals surface area contributed by atoms with E-state index in [1.807, 2.05) is 13.8 Å². The molecule has 0 fully saturated rings. The predicted molar refractivity (Wildman–Crippen MR) is 49.7 cm³/mol. The van der Waals surface area contributed by atoms with Gasteiger partial charge in [-0.1, -0.05) is 38.6 Å². The van der Waals surface area contributed by atoms with E-state index in [1.54, 1.807) is 0 Å². The van der Waals surface area contributed by atoms with Crippen molar-refractivity contribution in [2.75, 3.05) is 0 Å². The minimum absolute atomic E-state index is 0.111. The number of halogens is 1. The molecule has 0 aliphatic carbocycles. The van der Waals surface area contributed by atoms with Crippen molar-refractivity contribution >= 4 is 11.6 Å². The molecular formula is C9H13ClO. The van der Waals surface area contributed by atoms with Gasteiger partial charge in [-0.2, -0.15) is 0 Å². The molecule has 2 heteroatoms. The summed E-state index contributed by atoms with van der Waals surface area (Å²) >= 11 is 5.65. The molecule has 0 rings (SSSR count). The molecule has 0 radical (unpaired) electrons. The summed E-state index contributed by atoms with van der Waals surface area (Å²) in [5.41, 5.74) is 0.654. The molecule has 0 spiro atoms. The van der Waals surface area contributed by atoms with Crippen LogP contribution in [0.1, 0.15) is 13.8 Å². The van der Waals surface area contributed by atoms with Crippen LogP contribution in [0.3, 0.4) is 0 Å². The fourth-order valence-corrected chi connectivity index (χ4v) is 1.17. The summed E-state index contributed by atoms with van der Waals surface area (Å²) in [7, 11) is 0. The van der Waals surface area contributed by atoms with Crippen molar-refractivity contribution in [2.24, 2.45) is 5.92 Å². The average Bonchev–Trinajstić information content (AvgIpc) is 1.85. The largest absolute Gasteiger partial charge is 0.508 e. The van der Waals surface area contributed by atoms with E-state index < -0.39 is 0 Å². The standard InChI is InChI=1S/C9H13ClO/c1-5-8(11)9(6(2)3)7(4)10/h5-6,11H,1,4H2,2-3H3/b9-8+. The number of aliphatic hydroxyl groups excluding tert-OH is 1. The summed E-state index contributed by atoms with van der Waals surface area (Å²) in [5.74, 6) is 0.276. The minimum atomic E-state index is 0.111. The van der Waals surface area contributed by atoms with Crippen molar-refractivity contribution in [3.05, 3.63) is 35.6 Å². The van der Waals surface area contributed by atoms with Crippen LogP contribution in [0.2, 0.25) is 0 Å². The monoisotopic (exact) mass is 172 g/mol. The molecule has 1 nitrogen and oxygen atoms in total. The maximum Gasteiger partial charge on any atom is 0.119 e. The third-order valence-corrected chi connectivity index (χ3v) is 1.54. The minimum Gasteiger partial charge on any atom is -0.508 e. The first-order chi connectivity index (χ1) is 5.00. The highest BCUT2D eigenvalue weighted by Gasteiger charge is 2.09. The Morgan fingerprint density at radius 1 is 1.55 bits per heavy atom. The van der Waals surface area contributed by atoms with Crippen LogP contribution in [0.15, 0.2) is 35.6 Å². The first-order valence-electron chi connectivity index (χ1n) is 3.41. The fraction of sp³-hybridized carbons (Fsp3) is 0.333. The molecule has 0 amide bonds. The van der Waals surface area contributed by atoms with Crippen LogP contribution in [0.4, 0.5) is 0 Å². The number of allylic oxidation sites excluding steroid dienone is 3. The predicted octanol–water partition coefficient (Wildman–Crippen LogP) is 3.39. The first-order valence-corrected chi connectivity index (χ1v) is 3.78. The lowest BCUT2D eigenvalue weighted by Crippen LogP contribution is -1.97. The van der Waals surface area contributed by atoms with E-state index in [0.29, 0.717) is 10.6 Å². The molecule has 0 aromatic rings. The highest BCUT2D eigenvalue weighted by atomic mass is 35.5. The van der Waals surface area contributed by atoms with Gasteiger partial charge in [-0.3, -0.25) is 0 Å². The smallest absolute Gasteiger partial charge is 0.119 e. The van der Waals surface area contributed by atoms with Gasteiger partial charge in [0.25, 0.3) is 0 Å². The Balaban J connectivity index is 4.87. The van der Waals surface area contributed by atoms with Crippen LogP contribution in [0.25, 0.3) is 0 Å². The Morgan fingerprint density at radius 3 is 2.09 bits per heavy atom. The van der Waals surface area contributed by atoms with E-state index in [4.69, 9.17) is 11.6 Å². The van der Waals surface area contributed by atoms with Gasteiger partial charge < -0.3 is 5.11 Å². The number of hydrogen-bond donors (Lipinski definition) is 1. The zero-order valence-corrected chi connectivity index (χ0v) is 7.65. The summed E-state index contributed by atoms with van der Waals surface area (Å²) in [5, 5.41) is 9.65. The van der Waals surface area contributed by atoms with E-state index >= 15 is 0 Å². The van der Waals surface area contributed by atoms with Crippen molar-refractivity contribution in [3.8, 4) is 0 Å². The highest BCUT2D eigenvalue weighted by molar-refractivity contribution is 6.31. The quantitative estimate of drug-likeness (QED) is 0.511. The molecule has 0 heterocycles. The van der Waals surface area contributed by atoms with Gasteiger partial charge in [-0.15, -0.1) is 0 Å². The Kier molecular flexibility index (Phi) is 3.98. The summed E-state index contributed by atoms with van der Waals surface area (Å²) in [6, 6.07) is 0. The van der Waals surface area contributed by atoms with Gasteiger partial charge in [0.2, 0.25) is 0 Å². The normalized spacial score (nSPS) is 12.7. The van der Waals surface area contributed by atoms with Crippen molar-refractivity contribution in [1.29, 1.82) is 0 Å². The van der Waals surface area contributed by atoms with Crippen LogP contribution in [-0.2, 0) is 0 Å². The topological polar surface area (TPSA) is 20.2 Å². The second-order valence-electron chi connectivity index (χ2n) is 2.56. The molecule has 11 heavy (non-hydrogen) atoms. The zero-order valence-electron chi connectivity index (χ0n) is 6.89. The van der Waals surface area contributed by atoms with E-state index in [0.717, 1.165) is 0 Å². The van der Waals surface area contributed by atoms with E-state index in [9.17, 15) is 5.11 Å². The summed E-state index contributed by atoms with van der Waals surface area (Å²) in [6.07, 6.45) is 1.36. The average molecular weight is 173 g/mol. The van der Waals surface area contributed by atoms with Gasteiger partial charge in [0.1, 0.15) is 5.76 Å². The van der Waals surface area contributed by atoms with Crippen molar-refractivity contribution in [2.45, 2.75) is 13.8 Å². The van der Waals surface area contributed by atoms with Crippen LogP contribution in [-0.4, -0.2) is 5.11 Å². The van der Waals surface area contributed by atoms with Crippen LogP contribution < -0.4 is 0 Å². The first kappa shape index (κ1) is 10.3. The van der Waals surface area contributed by atoms with Gasteiger partial charge in [-0.05, 0) is 12.0 Å². The fourth-order valence-electron chi connectivity index (χ4n) is 0.858. The molecule has 0 aliphatic heterocycles. The molecular weight excluding hydrogens is 160 g/mol. The molecule has 0 unspecified atom stereocenters. The molecule has 0 aromatic carbocycles. The van der Waals surface area contributed by atoms with Gasteiger partial charge in [0.15, 0.2) is 0 Å². The second-order valence-corrected chi connectivity index (χ2v) is 3.02. The van der Waals surface area contributed by atoms with Crippen molar-refractivity contribution in [1.82, 2.24) is 0 Å². The van der Waals surface area contributed by atoms with Crippen molar-refractivity contribution < 1.29 is 5.11 Å². The molecule has 0 aromatic heterocycles. The molecule has 0 saturated carbocycles. The van der Waals surface area contributed by atoms with E-state index in [2.05, 4.69) is 13.2 Å². The molecule has 0 aliphatic rings. The Morgan fingerprint density at radius 2 is 2.00 bits per heavy atom. The maximum absolute atomic E-state index is 9.27. The molecule has 62 valence electrons. The highest BCUT2D eigenvalue weighted by Crippen LogP contribution is 2.23.